The van der Waals surface area contributed by atoms with Gasteiger partial charge in [-0.1, -0.05) is 30.2 Å². The molecule has 0 aromatic carbocycles. The van der Waals surface area contributed by atoms with Gasteiger partial charge in [0, 0.05) is 5.92 Å². The van der Waals surface area contributed by atoms with Gasteiger partial charge in [-0.25, -0.2) is 0 Å². The van der Waals surface area contributed by atoms with E-state index in [1.165, 1.54) is 24.8 Å². The summed E-state index contributed by atoms with van der Waals surface area (Å²) in [5.41, 5.74) is 1.19. The van der Waals surface area contributed by atoms with Crippen LogP contribution < -0.4 is 0 Å². The number of rotatable bonds is 4. The molecular formula is C16H26O2. The topological polar surface area (TPSA) is 18.5 Å². The molecule has 0 heterocycles. The molecule has 2 unspecified atom stereocenters. The Hall–Kier alpha value is -0.600. The van der Waals surface area contributed by atoms with Gasteiger partial charge in [0.05, 0.1) is 11.7 Å². The summed E-state index contributed by atoms with van der Waals surface area (Å²) in [6, 6.07) is 0. The Morgan fingerprint density at radius 1 is 1.28 bits per heavy atom. The first-order valence-corrected chi connectivity index (χ1v) is 7.12. The van der Waals surface area contributed by atoms with Crippen LogP contribution in [0, 0.1) is 5.92 Å². The van der Waals surface area contributed by atoms with Crippen molar-refractivity contribution in [3.05, 3.63) is 23.8 Å². The van der Waals surface area contributed by atoms with Crippen LogP contribution in [0.5, 0.6) is 0 Å². The molecule has 0 N–H and O–H groups in total. The molecular weight excluding hydrogens is 224 g/mol. The van der Waals surface area contributed by atoms with Crippen LogP contribution in [-0.4, -0.2) is 18.0 Å². The largest absolute Gasteiger partial charge is 0.347 e. The fourth-order valence-corrected chi connectivity index (χ4v) is 2.28. The zero-order valence-corrected chi connectivity index (χ0v) is 12.1. The van der Waals surface area contributed by atoms with Gasteiger partial charge in [-0.15, -0.1) is 0 Å². The molecule has 0 radical (unpaired) electrons. The van der Waals surface area contributed by atoms with Crippen LogP contribution >= 0.6 is 0 Å². The normalized spacial score (nSPS) is 26.7. The van der Waals surface area contributed by atoms with Crippen molar-refractivity contribution in [2.75, 3.05) is 0 Å². The molecule has 1 fully saturated rings. The van der Waals surface area contributed by atoms with E-state index < -0.39 is 0 Å². The number of allylic oxidation sites excluding steroid dienone is 2. The van der Waals surface area contributed by atoms with Crippen LogP contribution in [-0.2, 0) is 9.47 Å². The van der Waals surface area contributed by atoms with E-state index in [2.05, 4.69) is 45.9 Å². The SMILES string of the molecule is CC1=CCC(OC(OC(C)(C)C)C2CCC2)C=C1. The monoisotopic (exact) mass is 250 g/mol. The molecule has 0 bridgehead atoms. The lowest BCUT2D eigenvalue weighted by Gasteiger charge is -2.38. The van der Waals surface area contributed by atoms with E-state index in [0.29, 0.717) is 5.92 Å². The maximum Gasteiger partial charge on any atom is 0.161 e. The maximum absolute atomic E-state index is 6.17. The summed E-state index contributed by atoms with van der Waals surface area (Å²) in [7, 11) is 0. The lowest BCUT2D eigenvalue weighted by Crippen LogP contribution is -2.40. The fraction of sp³-hybridized carbons (Fsp3) is 0.750. The maximum atomic E-state index is 6.17. The molecule has 0 aliphatic heterocycles. The average Bonchev–Trinajstić information content (AvgIpc) is 2.16. The Morgan fingerprint density at radius 3 is 2.44 bits per heavy atom. The Bertz CT molecular complexity index is 331. The highest BCUT2D eigenvalue weighted by molar-refractivity contribution is 5.22. The second-order valence-electron chi connectivity index (χ2n) is 6.51. The summed E-state index contributed by atoms with van der Waals surface area (Å²) in [5, 5.41) is 0. The summed E-state index contributed by atoms with van der Waals surface area (Å²) in [6.07, 6.45) is 11.5. The lowest BCUT2D eigenvalue weighted by molar-refractivity contribution is -0.241. The third kappa shape index (κ3) is 3.96. The van der Waals surface area contributed by atoms with E-state index in [1.807, 2.05) is 0 Å². The second kappa shape index (κ2) is 5.58. The number of ether oxygens (including phenoxy) is 2. The molecule has 0 spiro atoms. The molecule has 2 aliphatic rings. The highest BCUT2D eigenvalue weighted by Crippen LogP contribution is 2.35. The lowest BCUT2D eigenvalue weighted by atomic mass is 9.84. The van der Waals surface area contributed by atoms with E-state index in [1.54, 1.807) is 0 Å². The van der Waals surface area contributed by atoms with Crippen LogP contribution in [0.1, 0.15) is 53.4 Å². The van der Waals surface area contributed by atoms with Crippen molar-refractivity contribution < 1.29 is 9.47 Å². The molecule has 102 valence electrons. The smallest absolute Gasteiger partial charge is 0.161 e. The number of hydrogen-bond acceptors (Lipinski definition) is 2. The average molecular weight is 250 g/mol. The van der Waals surface area contributed by atoms with Crippen LogP contribution in [0.15, 0.2) is 23.8 Å². The third-order valence-corrected chi connectivity index (χ3v) is 3.56. The van der Waals surface area contributed by atoms with Crippen molar-refractivity contribution in [2.45, 2.75) is 71.4 Å². The van der Waals surface area contributed by atoms with Crippen LogP contribution in [0.25, 0.3) is 0 Å². The van der Waals surface area contributed by atoms with Crippen molar-refractivity contribution >= 4 is 0 Å². The van der Waals surface area contributed by atoms with Crippen LogP contribution in [0.4, 0.5) is 0 Å². The van der Waals surface area contributed by atoms with Gasteiger partial charge in [0.15, 0.2) is 6.29 Å². The summed E-state index contributed by atoms with van der Waals surface area (Å²) in [5.74, 6) is 0.588. The summed E-state index contributed by atoms with van der Waals surface area (Å²) >= 11 is 0. The van der Waals surface area contributed by atoms with Gasteiger partial charge in [0.2, 0.25) is 0 Å². The Kier molecular flexibility index (Phi) is 4.29. The van der Waals surface area contributed by atoms with Gasteiger partial charge in [-0.3, -0.25) is 0 Å². The molecule has 0 saturated heterocycles. The molecule has 2 heteroatoms. The van der Waals surface area contributed by atoms with E-state index in [4.69, 9.17) is 9.47 Å². The molecule has 2 aliphatic carbocycles. The minimum Gasteiger partial charge on any atom is -0.347 e. The van der Waals surface area contributed by atoms with E-state index in [9.17, 15) is 0 Å². The molecule has 0 amide bonds. The zero-order valence-electron chi connectivity index (χ0n) is 12.1. The van der Waals surface area contributed by atoms with Crippen molar-refractivity contribution in [1.29, 1.82) is 0 Å². The standard InChI is InChI=1S/C16H26O2/c1-12-8-10-14(11-9-12)17-15(13-6-5-7-13)18-16(2,3)4/h8-10,13-15H,5-7,11H2,1-4H3. The van der Waals surface area contributed by atoms with Crippen LogP contribution in [0.3, 0.4) is 0 Å². The fourth-order valence-electron chi connectivity index (χ4n) is 2.28. The Balaban J connectivity index is 1.91. The Morgan fingerprint density at radius 2 is 2.00 bits per heavy atom. The predicted molar refractivity (Wildman–Crippen MR) is 74.4 cm³/mol. The van der Waals surface area contributed by atoms with E-state index in [0.717, 1.165) is 6.42 Å². The van der Waals surface area contributed by atoms with Gasteiger partial charge >= 0.3 is 0 Å². The first-order valence-electron chi connectivity index (χ1n) is 7.12. The van der Waals surface area contributed by atoms with Crippen molar-refractivity contribution in [1.82, 2.24) is 0 Å². The van der Waals surface area contributed by atoms with Crippen LogP contribution in [0.2, 0.25) is 0 Å². The third-order valence-electron chi connectivity index (χ3n) is 3.56. The highest BCUT2D eigenvalue weighted by atomic mass is 16.7. The van der Waals surface area contributed by atoms with Crippen molar-refractivity contribution in [2.24, 2.45) is 5.92 Å². The highest BCUT2D eigenvalue weighted by Gasteiger charge is 2.33. The van der Waals surface area contributed by atoms with Gasteiger partial charge in [-0.05, 0) is 47.0 Å². The van der Waals surface area contributed by atoms with Crippen molar-refractivity contribution in [3.8, 4) is 0 Å². The van der Waals surface area contributed by atoms with Gasteiger partial charge in [0.25, 0.3) is 0 Å². The zero-order chi connectivity index (χ0) is 13.2. The summed E-state index contributed by atoms with van der Waals surface area (Å²) in [4.78, 5) is 0. The molecule has 2 atom stereocenters. The quantitative estimate of drug-likeness (QED) is 0.695. The predicted octanol–water partition coefficient (Wildman–Crippen LogP) is 4.22. The minimum absolute atomic E-state index is 0.0415. The summed E-state index contributed by atoms with van der Waals surface area (Å²) in [6.45, 7) is 8.43. The van der Waals surface area contributed by atoms with E-state index in [-0.39, 0.29) is 18.0 Å². The second-order valence-corrected chi connectivity index (χ2v) is 6.51. The molecule has 2 rings (SSSR count). The number of hydrogen-bond donors (Lipinski definition) is 0. The first kappa shape index (κ1) is 13.8. The molecule has 18 heavy (non-hydrogen) atoms. The minimum atomic E-state index is -0.135. The first-order chi connectivity index (χ1) is 8.44. The Labute approximate surface area is 111 Å². The van der Waals surface area contributed by atoms with Gasteiger partial charge in [0.1, 0.15) is 0 Å². The van der Waals surface area contributed by atoms with Gasteiger partial charge in [-0.2, -0.15) is 0 Å². The molecule has 0 aromatic heterocycles. The van der Waals surface area contributed by atoms with E-state index >= 15 is 0 Å². The molecule has 2 nitrogen and oxygen atoms in total. The van der Waals surface area contributed by atoms with Crippen molar-refractivity contribution in [3.63, 3.8) is 0 Å². The summed E-state index contributed by atoms with van der Waals surface area (Å²) < 4.78 is 12.3. The van der Waals surface area contributed by atoms with Gasteiger partial charge < -0.3 is 9.47 Å². The molecule has 0 aromatic rings. The molecule has 1 saturated carbocycles.